The number of hydrogen-bond donors (Lipinski definition) is 3. The summed E-state index contributed by atoms with van der Waals surface area (Å²) in [5.41, 5.74) is 0.505. The molecule has 0 saturated carbocycles. The average Bonchev–Trinajstić information content (AvgIpc) is 2.89. The summed E-state index contributed by atoms with van der Waals surface area (Å²) < 4.78 is 0. The predicted octanol–water partition coefficient (Wildman–Crippen LogP) is -0.0527. The number of aromatic nitrogens is 1. The zero-order valence-electron chi connectivity index (χ0n) is 10.4. The van der Waals surface area contributed by atoms with E-state index < -0.39 is 5.56 Å². The standard InChI is InChI=1S/C12H14N4O2S/c1-7-9(4-8(5-13)11(18)16-7)10(17)6-19-12-14-2-3-15-12/h4,12,14-15H,2-3,6H2,1H3,(H,16,18). The van der Waals surface area contributed by atoms with Gasteiger partial charge in [-0.3, -0.25) is 20.2 Å². The van der Waals surface area contributed by atoms with E-state index in [0.717, 1.165) is 13.1 Å². The van der Waals surface area contributed by atoms with Gasteiger partial charge in [-0.05, 0) is 13.0 Å². The van der Waals surface area contributed by atoms with E-state index in [4.69, 9.17) is 5.26 Å². The highest BCUT2D eigenvalue weighted by Crippen LogP contribution is 2.13. The molecule has 0 unspecified atom stereocenters. The normalized spacial score (nSPS) is 15.4. The van der Waals surface area contributed by atoms with Gasteiger partial charge < -0.3 is 4.98 Å². The first kappa shape index (κ1) is 13.8. The summed E-state index contributed by atoms with van der Waals surface area (Å²) in [6, 6.07) is 3.16. The fraction of sp³-hybridized carbons (Fsp3) is 0.417. The van der Waals surface area contributed by atoms with Crippen LogP contribution in [0.4, 0.5) is 0 Å². The molecule has 6 nitrogen and oxygen atoms in total. The van der Waals surface area contributed by atoms with Gasteiger partial charge in [-0.15, -0.1) is 11.8 Å². The summed E-state index contributed by atoms with van der Waals surface area (Å²) in [6.45, 7) is 3.44. The summed E-state index contributed by atoms with van der Waals surface area (Å²) in [4.78, 5) is 26.0. The number of nitriles is 1. The lowest BCUT2D eigenvalue weighted by atomic mass is 10.1. The number of thioether (sulfide) groups is 1. The number of aromatic amines is 1. The van der Waals surface area contributed by atoms with Crippen molar-refractivity contribution in [2.75, 3.05) is 18.8 Å². The molecule has 1 fully saturated rings. The van der Waals surface area contributed by atoms with Crippen LogP contribution in [0.1, 0.15) is 21.6 Å². The molecule has 1 aliphatic heterocycles. The van der Waals surface area contributed by atoms with E-state index in [1.165, 1.54) is 17.8 Å². The lowest BCUT2D eigenvalue weighted by molar-refractivity contribution is 0.102. The van der Waals surface area contributed by atoms with Crippen LogP contribution in [0.15, 0.2) is 10.9 Å². The number of pyridine rings is 1. The molecule has 19 heavy (non-hydrogen) atoms. The topological polar surface area (TPSA) is 97.8 Å². The monoisotopic (exact) mass is 278 g/mol. The fourth-order valence-electron chi connectivity index (χ4n) is 1.83. The molecular formula is C12H14N4O2S. The maximum absolute atomic E-state index is 12.1. The molecule has 0 radical (unpaired) electrons. The molecule has 0 aromatic carbocycles. The number of ketones is 1. The number of nitrogens with zero attached hydrogens (tertiary/aromatic N) is 1. The lowest BCUT2D eigenvalue weighted by Gasteiger charge is -2.10. The Bertz CT molecular complexity index is 584. The SMILES string of the molecule is Cc1[nH]c(=O)c(C#N)cc1C(=O)CSC1NCCN1. The number of H-pyrrole nitrogens is 1. The molecular weight excluding hydrogens is 264 g/mol. The highest BCUT2D eigenvalue weighted by Gasteiger charge is 2.17. The third-order valence-corrected chi connectivity index (χ3v) is 3.92. The molecule has 0 amide bonds. The summed E-state index contributed by atoms with van der Waals surface area (Å²) in [6.07, 6.45) is 0. The number of rotatable bonds is 4. The van der Waals surface area contributed by atoms with Gasteiger partial charge >= 0.3 is 0 Å². The number of carbonyl (C=O) groups excluding carboxylic acids is 1. The molecule has 0 spiro atoms. The van der Waals surface area contributed by atoms with Crippen molar-refractivity contribution in [3.63, 3.8) is 0 Å². The van der Waals surface area contributed by atoms with Crippen molar-refractivity contribution in [3.05, 3.63) is 33.2 Å². The molecule has 3 N–H and O–H groups in total. The molecule has 2 rings (SSSR count). The quantitative estimate of drug-likeness (QED) is 0.668. The minimum atomic E-state index is -0.455. The van der Waals surface area contributed by atoms with Gasteiger partial charge in [0, 0.05) is 24.3 Å². The Hall–Kier alpha value is -1.62. The first-order chi connectivity index (χ1) is 9.11. The first-order valence-corrected chi connectivity index (χ1v) is 6.92. The molecule has 1 aliphatic rings. The lowest BCUT2D eigenvalue weighted by Crippen LogP contribution is -2.28. The van der Waals surface area contributed by atoms with Crippen molar-refractivity contribution in [1.29, 1.82) is 5.26 Å². The Balaban J connectivity index is 2.10. The van der Waals surface area contributed by atoms with Gasteiger partial charge in [-0.2, -0.15) is 5.26 Å². The van der Waals surface area contributed by atoms with Crippen molar-refractivity contribution in [2.45, 2.75) is 12.4 Å². The van der Waals surface area contributed by atoms with Crippen molar-refractivity contribution in [3.8, 4) is 6.07 Å². The van der Waals surface area contributed by atoms with Crippen LogP contribution in [0.25, 0.3) is 0 Å². The van der Waals surface area contributed by atoms with Crippen molar-refractivity contribution >= 4 is 17.5 Å². The van der Waals surface area contributed by atoms with Crippen LogP contribution in [0.3, 0.4) is 0 Å². The Labute approximate surface area is 114 Å². The molecule has 100 valence electrons. The second-order valence-electron chi connectivity index (χ2n) is 4.19. The van der Waals surface area contributed by atoms with Crippen LogP contribution in [0.2, 0.25) is 0 Å². The van der Waals surface area contributed by atoms with E-state index in [-0.39, 0.29) is 16.8 Å². The molecule has 0 bridgehead atoms. The summed E-state index contributed by atoms with van der Waals surface area (Å²) in [5.74, 6) is 0.202. The van der Waals surface area contributed by atoms with Gasteiger partial charge in [0.25, 0.3) is 5.56 Å². The fourth-order valence-corrected chi connectivity index (χ4v) is 2.77. The summed E-state index contributed by atoms with van der Waals surface area (Å²) >= 11 is 1.47. The highest BCUT2D eigenvalue weighted by atomic mass is 32.2. The molecule has 0 aliphatic carbocycles. The number of aryl methyl sites for hydroxylation is 1. The highest BCUT2D eigenvalue weighted by molar-refractivity contribution is 8.00. The van der Waals surface area contributed by atoms with Crippen molar-refractivity contribution in [1.82, 2.24) is 15.6 Å². The van der Waals surface area contributed by atoms with E-state index in [2.05, 4.69) is 15.6 Å². The molecule has 1 aromatic heterocycles. The second-order valence-corrected chi connectivity index (χ2v) is 5.28. The summed E-state index contributed by atoms with van der Waals surface area (Å²) in [7, 11) is 0. The van der Waals surface area contributed by atoms with Gasteiger partial charge in [0.2, 0.25) is 0 Å². The molecule has 7 heteroatoms. The third-order valence-electron chi connectivity index (χ3n) is 2.82. The Morgan fingerprint density at radius 1 is 1.53 bits per heavy atom. The van der Waals surface area contributed by atoms with E-state index in [0.29, 0.717) is 17.0 Å². The number of hydrogen-bond acceptors (Lipinski definition) is 6. The molecule has 1 saturated heterocycles. The number of carbonyl (C=O) groups is 1. The van der Waals surface area contributed by atoms with E-state index in [1.807, 2.05) is 0 Å². The molecule has 1 aromatic rings. The third kappa shape index (κ3) is 3.23. The maximum atomic E-state index is 12.1. The van der Waals surface area contributed by atoms with Gasteiger partial charge in [-0.1, -0.05) is 0 Å². The van der Waals surface area contributed by atoms with Crippen LogP contribution in [-0.2, 0) is 0 Å². The van der Waals surface area contributed by atoms with Gasteiger partial charge in [0.15, 0.2) is 5.78 Å². The Kier molecular flexibility index (Phi) is 4.37. The second kappa shape index (κ2) is 6.02. The van der Waals surface area contributed by atoms with E-state index in [9.17, 15) is 9.59 Å². The largest absolute Gasteiger partial charge is 0.325 e. The van der Waals surface area contributed by atoms with Gasteiger partial charge in [0.05, 0.1) is 5.75 Å². The Morgan fingerprint density at radius 2 is 2.21 bits per heavy atom. The van der Waals surface area contributed by atoms with Crippen molar-refractivity contribution < 1.29 is 4.79 Å². The molecule has 0 atom stereocenters. The minimum Gasteiger partial charge on any atom is -0.325 e. The van der Waals surface area contributed by atoms with Crippen molar-refractivity contribution in [2.24, 2.45) is 0 Å². The number of Topliss-reactive ketones (excluding diaryl/α,β-unsaturated/α-hetero) is 1. The van der Waals surface area contributed by atoms with E-state index >= 15 is 0 Å². The van der Waals surface area contributed by atoms with Crippen LogP contribution in [-0.4, -0.2) is 35.1 Å². The number of nitrogens with one attached hydrogen (secondary N) is 3. The first-order valence-electron chi connectivity index (χ1n) is 5.87. The summed E-state index contributed by atoms with van der Waals surface area (Å²) in [5, 5.41) is 15.2. The smallest absolute Gasteiger partial charge is 0.266 e. The van der Waals surface area contributed by atoms with Gasteiger partial charge in [-0.25, -0.2) is 0 Å². The van der Waals surface area contributed by atoms with Crippen LogP contribution < -0.4 is 16.2 Å². The van der Waals surface area contributed by atoms with E-state index in [1.54, 1.807) is 13.0 Å². The van der Waals surface area contributed by atoms with Crippen LogP contribution in [0, 0.1) is 18.3 Å². The average molecular weight is 278 g/mol. The zero-order chi connectivity index (χ0) is 13.8. The van der Waals surface area contributed by atoms with Crippen LogP contribution in [0.5, 0.6) is 0 Å². The predicted molar refractivity (Wildman–Crippen MR) is 73.1 cm³/mol. The Morgan fingerprint density at radius 3 is 2.84 bits per heavy atom. The zero-order valence-corrected chi connectivity index (χ0v) is 11.3. The maximum Gasteiger partial charge on any atom is 0.266 e. The van der Waals surface area contributed by atoms with Crippen LogP contribution >= 0.6 is 11.8 Å². The molecule has 2 heterocycles. The van der Waals surface area contributed by atoms with Gasteiger partial charge in [0.1, 0.15) is 17.1 Å². The minimum absolute atomic E-state index is 0.0314.